The van der Waals surface area contributed by atoms with Gasteiger partial charge in [0.2, 0.25) is 5.91 Å². The third kappa shape index (κ3) is 5.00. The SMILES string of the molecule is COc1cccc(NCCC(=O)Nc2ccc(Cl)cc2)c1. The summed E-state index contributed by atoms with van der Waals surface area (Å²) in [5.41, 5.74) is 1.67. The number of halogens is 1. The molecule has 0 aliphatic rings. The predicted octanol–water partition coefficient (Wildman–Crippen LogP) is 3.79. The molecule has 2 aromatic rings. The molecule has 21 heavy (non-hydrogen) atoms. The number of carbonyl (C=O) groups is 1. The molecule has 0 aromatic heterocycles. The molecular weight excluding hydrogens is 288 g/mol. The minimum atomic E-state index is -0.0484. The van der Waals surface area contributed by atoms with Crippen LogP contribution in [0.5, 0.6) is 5.75 Å². The number of hydrogen-bond donors (Lipinski definition) is 2. The lowest BCUT2D eigenvalue weighted by molar-refractivity contribution is -0.115. The second-order valence-electron chi connectivity index (χ2n) is 4.46. The van der Waals surface area contributed by atoms with Crippen LogP contribution in [-0.4, -0.2) is 19.6 Å². The van der Waals surface area contributed by atoms with Gasteiger partial charge in [-0.25, -0.2) is 0 Å². The Morgan fingerprint density at radius 2 is 1.90 bits per heavy atom. The lowest BCUT2D eigenvalue weighted by Crippen LogP contribution is -2.16. The van der Waals surface area contributed by atoms with Gasteiger partial charge < -0.3 is 15.4 Å². The zero-order valence-corrected chi connectivity index (χ0v) is 12.5. The molecule has 110 valence electrons. The quantitative estimate of drug-likeness (QED) is 0.853. The molecule has 2 rings (SSSR count). The van der Waals surface area contributed by atoms with Crippen molar-refractivity contribution in [3.05, 3.63) is 53.6 Å². The number of hydrogen-bond acceptors (Lipinski definition) is 3. The van der Waals surface area contributed by atoms with Gasteiger partial charge in [0.1, 0.15) is 5.75 Å². The van der Waals surface area contributed by atoms with Gasteiger partial charge in [0.25, 0.3) is 0 Å². The highest BCUT2D eigenvalue weighted by Gasteiger charge is 2.02. The highest BCUT2D eigenvalue weighted by Crippen LogP contribution is 2.17. The average molecular weight is 305 g/mol. The van der Waals surface area contributed by atoms with Crippen LogP contribution in [0.2, 0.25) is 5.02 Å². The lowest BCUT2D eigenvalue weighted by Gasteiger charge is -2.08. The van der Waals surface area contributed by atoms with E-state index in [9.17, 15) is 4.79 Å². The van der Waals surface area contributed by atoms with Crippen molar-refractivity contribution < 1.29 is 9.53 Å². The van der Waals surface area contributed by atoms with Crippen molar-refractivity contribution in [1.82, 2.24) is 0 Å². The molecule has 2 aromatic carbocycles. The second kappa shape index (κ2) is 7.55. The van der Waals surface area contributed by atoms with Crippen molar-refractivity contribution in [2.24, 2.45) is 0 Å². The van der Waals surface area contributed by atoms with Gasteiger partial charge in [-0.3, -0.25) is 4.79 Å². The molecule has 4 nitrogen and oxygen atoms in total. The maximum absolute atomic E-state index is 11.8. The summed E-state index contributed by atoms with van der Waals surface area (Å²) in [6, 6.07) is 14.6. The van der Waals surface area contributed by atoms with Crippen LogP contribution in [0.4, 0.5) is 11.4 Å². The summed E-state index contributed by atoms with van der Waals surface area (Å²) in [4.78, 5) is 11.8. The molecule has 0 aliphatic carbocycles. The number of rotatable bonds is 6. The van der Waals surface area contributed by atoms with E-state index in [4.69, 9.17) is 16.3 Å². The zero-order valence-electron chi connectivity index (χ0n) is 11.7. The van der Waals surface area contributed by atoms with E-state index in [0.717, 1.165) is 17.1 Å². The third-order valence-corrected chi connectivity index (χ3v) is 3.13. The van der Waals surface area contributed by atoms with E-state index in [1.165, 1.54) is 0 Å². The highest BCUT2D eigenvalue weighted by atomic mass is 35.5. The summed E-state index contributed by atoms with van der Waals surface area (Å²) in [6.07, 6.45) is 0.375. The molecule has 1 amide bonds. The highest BCUT2D eigenvalue weighted by molar-refractivity contribution is 6.30. The van der Waals surface area contributed by atoms with Gasteiger partial charge in [0.15, 0.2) is 0 Å². The smallest absolute Gasteiger partial charge is 0.226 e. The Bertz CT molecular complexity index is 599. The Balaban J connectivity index is 1.77. The fourth-order valence-corrected chi connectivity index (χ4v) is 1.94. The number of anilines is 2. The number of benzene rings is 2. The normalized spacial score (nSPS) is 10.0. The first-order valence-corrected chi connectivity index (χ1v) is 6.98. The molecule has 0 spiro atoms. The van der Waals surface area contributed by atoms with Gasteiger partial charge >= 0.3 is 0 Å². The van der Waals surface area contributed by atoms with Gasteiger partial charge in [0, 0.05) is 35.4 Å². The molecule has 0 aliphatic heterocycles. The molecule has 0 saturated carbocycles. The van der Waals surface area contributed by atoms with Crippen molar-refractivity contribution in [2.45, 2.75) is 6.42 Å². The van der Waals surface area contributed by atoms with E-state index in [-0.39, 0.29) is 5.91 Å². The molecule has 0 unspecified atom stereocenters. The molecule has 0 fully saturated rings. The number of nitrogens with one attached hydrogen (secondary N) is 2. The third-order valence-electron chi connectivity index (χ3n) is 2.88. The van der Waals surface area contributed by atoms with Crippen LogP contribution in [0.1, 0.15) is 6.42 Å². The predicted molar refractivity (Wildman–Crippen MR) is 86.2 cm³/mol. The van der Waals surface area contributed by atoms with Crippen LogP contribution in [0.25, 0.3) is 0 Å². The second-order valence-corrected chi connectivity index (χ2v) is 4.90. The zero-order chi connectivity index (χ0) is 15.1. The summed E-state index contributed by atoms with van der Waals surface area (Å²) in [5.74, 6) is 0.735. The molecule has 0 saturated heterocycles. The summed E-state index contributed by atoms with van der Waals surface area (Å²) in [5, 5.41) is 6.64. The van der Waals surface area contributed by atoms with E-state index in [1.54, 1.807) is 31.4 Å². The van der Waals surface area contributed by atoms with E-state index in [2.05, 4.69) is 10.6 Å². The number of amides is 1. The van der Waals surface area contributed by atoms with E-state index < -0.39 is 0 Å². The first-order chi connectivity index (χ1) is 10.2. The number of ether oxygens (including phenoxy) is 1. The topological polar surface area (TPSA) is 50.4 Å². The minimum Gasteiger partial charge on any atom is -0.497 e. The van der Waals surface area contributed by atoms with Crippen LogP contribution in [0.15, 0.2) is 48.5 Å². The summed E-state index contributed by atoms with van der Waals surface area (Å²) in [7, 11) is 1.62. The molecular formula is C16H17ClN2O2. The maximum Gasteiger partial charge on any atom is 0.226 e. The maximum atomic E-state index is 11.8. The fourth-order valence-electron chi connectivity index (χ4n) is 1.81. The molecule has 0 atom stereocenters. The van der Waals surface area contributed by atoms with Crippen molar-refractivity contribution in [2.75, 3.05) is 24.3 Å². The van der Waals surface area contributed by atoms with Gasteiger partial charge in [-0.15, -0.1) is 0 Å². The monoisotopic (exact) mass is 304 g/mol. The van der Waals surface area contributed by atoms with E-state index >= 15 is 0 Å². The van der Waals surface area contributed by atoms with Gasteiger partial charge in [0.05, 0.1) is 7.11 Å². The van der Waals surface area contributed by atoms with Crippen LogP contribution in [-0.2, 0) is 4.79 Å². The van der Waals surface area contributed by atoms with Crippen molar-refractivity contribution in [3.63, 3.8) is 0 Å². The largest absolute Gasteiger partial charge is 0.497 e. The van der Waals surface area contributed by atoms with Crippen LogP contribution >= 0.6 is 11.6 Å². The Morgan fingerprint density at radius 1 is 1.14 bits per heavy atom. The van der Waals surface area contributed by atoms with Gasteiger partial charge in [-0.2, -0.15) is 0 Å². The minimum absolute atomic E-state index is 0.0484. The molecule has 0 heterocycles. The molecule has 0 radical (unpaired) electrons. The van der Waals surface area contributed by atoms with E-state index in [1.807, 2.05) is 24.3 Å². The van der Waals surface area contributed by atoms with Crippen LogP contribution in [0.3, 0.4) is 0 Å². The average Bonchev–Trinajstić information content (AvgIpc) is 2.50. The Hall–Kier alpha value is -2.20. The van der Waals surface area contributed by atoms with Crippen LogP contribution < -0.4 is 15.4 Å². The summed E-state index contributed by atoms with van der Waals surface area (Å²) < 4.78 is 5.14. The molecule has 0 bridgehead atoms. The van der Waals surface area contributed by atoms with Gasteiger partial charge in [-0.05, 0) is 36.4 Å². The number of carbonyl (C=O) groups excluding carboxylic acids is 1. The Kier molecular flexibility index (Phi) is 5.46. The standard InChI is InChI=1S/C16H17ClN2O2/c1-21-15-4-2-3-14(11-15)18-10-9-16(20)19-13-7-5-12(17)6-8-13/h2-8,11,18H,9-10H2,1H3,(H,19,20). The van der Waals surface area contributed by atoms with Crippen molar-refractivity contribution >= 4 is 28.9 Å². The fraction of sp³-hybridized carbons (Fsp3) is 0.188. The van der Waals surface area contributed by atoms with Gasteiger partial charge in [-0.1, -0.05) is 17.7 Å². The lowest BCUT2D eigenvalue weighted by atomic mass is 10.3. The first-order valence-electron chi connectivity index (χ1n) is 6.61. The number of methoxy groups -OCH3 is 1. The van der Waals surface area contributed by atoms with Crippen LogP contribution in [0, 0.1) is 0 Å². The Morgan fingerprint density at radius 3 is 2.62 bits per heavy atom. The van der Waals surface area contributed by atoms with Crippen molar-refractivity contribution in [3.8, 4) is 5.75 Å². The summed E-state index contributed by atoms with van der Waals surface area (Å²) in [6.45, 7) is 0.548. The molecule has 5 heteroatoms. The Labute approximate surface area is 129 Å². The van der Waals surface area contributed by atoms with Crippen molar-refractivity contribution in [1.29, 1.82) is 0 Å². The first kappa shape index (κ1) is 15.2. The molecule has 2 N–H and O–H groups in total. The van der Waals surface area contributed by atoms with E-state index in [0.29, 0.717) is 18.0 Å². The summed E-state index contributed by atoms with van der Waals surface area (Å²) >= 11 is 5.79.